The summed E-state index contributed by atoms with van der Waals surface area (Å²) in [5.74, 6) is -1.30. The minimum atomic E-state index is -0.909. The number of hydrogen-bond acceptors (Lipinski definition) is 4. The van der Waals surface area contributed by atoms with E-state index >= 15 is 0 Å². The van der Waals surface area contributed by atoms with Gasteiger partial charge in [-0.05, 0) is 11.5 Å². The van der Waals surface area contributed by atoms with Crippen molar-refractivity contribution in [1.82, 2.24) is 19.6 Å². The number of nitrogens with zero attached hydrogens (tertiary/aromatic N) is 3. The number of aromatic nitrogens is 4. The van der Waals surface area contributed by atoms with E-state index in [0.717, 1.165) is 28.5 Å². The fourth-order valence-electron chi connectivity index (χ4n) is 1.39. The summed E-state index contributed by atoms with van der Waals surface area (Å²) < 4.78 is 29.6. The predicted octanol–water partition coefficient (Wildman–Crippen LogP) is 2.36. The third-order valence-electron chi connectivity index (χ3n) is 2.12. The molecule has 1 N–H and O–H groups in total. The maximum atomic E-state index is 13.0. The Kier molecular flexibility index (Phi) is 1.93. The number of imidazole rings is 1. The van der Waals surface area contributed by atoms with E-state index in [-0.39, 0.29) is 0 Å². The number of H-pyrrole nitrogens is 1. The third-order valence-corrected chi connectivity index (χ3v) is 2.79. The van der Waals surface area contributed by atoms with Gasteiger partial charge in [-0.1, -0.05) is 4.49 Å². The first-order valence-corrected chi connectivity index (χ1v) is 5.14. The smallest absolute Gasteiger partial charge is 0.161 e. The van der Waals surface area contributed by atoms with Gasteiger partial charge >= 0.3 is 0 Å². The summed E-state index contributed by atoms with van der Waals surface area (Å²) in [4.78, 5) is 7.72. The number of nitrogens with one attached hydrogen (secondary N) is 1. The molecule has 0 saturated heterocycles. The van der Waals surface area contributed by atoms with Gasteiger partial charge in [0.1, 0.15) is 4.88 Å². The lowest BCUT2D eigenvalue weighted by molar-refractivity contribution is 0.510. The molecule has 0 spiro atoms. The topological polar surface area (TPSA) is 54.5 Å². The van der Waals surface area contributed by atoms with Gasteiger partial charge in [0.25, 0.3) is 0 Å². The Morgan fingerprint density at radius 1 is 1.19 bits per heavy atom. The van der Waals surface area contributed by atoms with Crippen molar-refractivity contribution < 1.29 is 8.78 Å². The minimum absolute atomic E-state index is 0.377. The standard InChI is InChI=1S/C9H4F2N4S/c10-4-1-6-7(2-5(4)11)14-9(13-6)8-3-12-15-16-8/h1-3H,(H,13,14). The van der Waals surface area contributed by atoms with Gasteiger partial charge in [-0.15, -0.1) is 5.10 Å². The molecule has 0 aliphatic heterocycles. The number of fused-ring (bicyclic) bond motifs is 1. The molecule has 2 aromatic heterocycles. The van der Waals surface area contributed by atoms with Crippen LogP contribution in [-0.4, -0.2) is 19.6 Å². The van der Waals surface area contributed by atoms with Gasteiger partial charge in [-0.2, -0.15) is 0 Å². The Morgan fingerprint density at radius 2 is 2.00 bits per heavy atom. The van der Waals surface area contributed by atoms with Gasteiger partial charge in [0, 0.05) is 12.1 Å². The van der Waals surface area contributed by atoms with Gasteiger partial charge in [0.15, 0.2) is 17.5 Å². The Morgan fingerprint density at radius 3 is 2.75 bits per heavy atom. The lowest BCUT2D eigenvalue weighted by atomic mass is 10.3. The third kappa shape index (κ3) is 1.36. The molecule has 0 aliphatic rings. The van der Waals surface area contributed by atoms with Gasteiger partial charge < -0.3 is 4.98 Å². The maximum absolute atomic E-state index is 13.0. The average molecular weight is 238 g/mol. The predicted molar refractivity (Wildman–Crippen MR) is 54.9 cm³/mol. The fourth-order valence-corrected chi connectivity index (χ4v) is 1.85. The van der Waals surface area contributed by atoms with Crippen LogP contribution in [0.3, 0.4) is 0 Å². The second kappa shape index (κ2) is 3.31. The summed E-state index contributed by atoms with van der Waals surface area (Å²) >= 11 is 1.16. The van der Waals surface area contributed by atoms with Crippen LogP contribution >= 0.6 is 11.5 Å². The Hall–Kier alpha value is -1.89. The highest BCUT2D eigenvalue weighted by Gasteiger charge is 2.10. The number of aromatic amines is 1. The molecule has 80 valence electrons. The molecule has 0 unspecified atom stereocenters. The van der Waals surface area contributed by atoms with Crippen molar-refractivity contribution >= 4 is 22.6 Å². The van der Waals surface area contributed by atoms with Crippen molar-refractivity contribution in [2.24, 2.45) is 0 Å². The van der Waals surface area contributed by atoms with Crippen molar-refractivity contribution in [1.29, 1.82) is 0 Å². The van der Waals surface area contributed by atoms with E-state index in [1.807, 2.05) is 0 Å². The van der Waals surface area contributed by atoms with E-state index in [2.05, 4.69) is 19.6 Å². The second-order valence-electron chi connectivity index (χ2n) is 3.15. The highest BCUT2D eigenvalue weighted by molar-refractivity contribution is 7.09. The molecule has 2 heterocycles. The van der Waals surface area contributed by atoms with E-state index < -0.39 is 11.6 Å². The minimum Gasteiger partial charge on any atom is -0.337 e. The monoisotopic (exact) mass is 238 g/mol. The van der Waals surface area contributed by atoms with Crippen LogP contribution in [-0.2, 0) is 0 Å². The number of benzene rings is 1. The summed E-state index contributed by atoms with van der Waals surface area (Å²) in [6.45, 7) is 0. The van der Waals surface area contributed by atoms with E-state index in [4.69, 9.17) is 0 Å². The molecule has 0 bridgehead atoms. The zero-order valence-corrected chi connectivity index (χ0v) is 8.55. The van der Waals surface area contributed by atoms with E-state index in [0.29, 0.717) is 16.9 Å². The highest BCUT2D eigenvalue weighted by atomic mass is 32.1. The van der Waals surface area contributed by atoms with Gasteiger partial charge in [-0.25, -0.2) is 13.8 Å². The maximum Gasteiger partial charge on any atom is 0.161 e. The molecule has 3 rings (SSSR count). The number of rotatable bonds is 1. The van der Waals surface area contributed by atoms with E-state index in [1.165, 1.54) is 6.20 Å². The molecular weight excluding hydrogens is 234 g/mol. The summed E-state index contributed by atoms with van der Waals surface area (Å²) in [6.07, 6.45) is 1.54. The summed E-state index contributed by atoms with van der Waals surface area (Å²) in [5, 5.41) is 3.66. The van der Waals surface area contributed by atoms with Crippen LogP contribution in [0.1, 0.15) is 0 Å². The van der Waals surface area contributed by atoms with Gasteiger partial charge in [-0.3, -0.25) is 0 Å². The molecule has 0 aliphatic carbocycles. The van der Waals surface area contributed by atoms with Gasteiger partial charge in [0.2, 0.25) is 0 Å². The Balaban J connectivity index is 2.23. The molecule has 0 amide bonds. The molecule has 0 atom stereocenters. The first-order chi connectivity index (χ1) is 7.74. The summed E-state index contributed by atoms with van der Waals surface area (Å²) in [6, 6.07) is 2.13. The van der Waals surface area contributed by atoms with Gasteiger partial charge in [0.05, 0.1) is 17.2 Å². The van der Waals surface area contributed by atoms with Crippen LogP contribution in [0.5, 0.6) is 0 Å². The van der Waals surface area contributed by atoms with Crippen LogP contribution in [0, 0.1) is 11.6 Å². The normalized spacial score (nSPS) is 11.1. The van der Waals surface area contributed by atoms with Crippen molar-refractivity contribution in [3.63, 3.8) is 0 Å². The highest BCUT2D eigenvalue weighted by Crippen LogP contribution is 2.23. The van der Waals surface area contributed by atoms with Crippen molar-refractivity contribution in [3.05, 3.63) is 30.0 Å². The zero-order chi connectivity index (χ0) is 11.1. The molecule has 0 fully saturated rings. The van der Waals surface area contributed by atoms with Crippen molar-refractivity contribution in [2.75, 3.05) is 0 Å². The SMILES string of the molecule is Fc1cc2nc(-c3cnns3)[nH]c2cc1F. The Labute approximate surface area is 92.1 Å². The van der Waals surface area contributed by atoms with Crippen LogP contribution in [0.15, 0.2) is 18.3 Å². The lowest BCUT2D eigenvalue weighted by Crippen LogP contribution is -1.82. The molecule has 1 aromatic carbocycles. The number of hydrogen-bond donors (Lipinski definition) is 1. The largest absolute Gasteiger partial charge is 0.337 e. The van der Waals surface area contributed by atoms with Crippen molar-refractivity contribution in [2.45, 2.75) is 0 Å². The lowest BCUT2D eigenvalue weighted by Gasteiger charge is -1.90. The summed E-state index contributed by atoms with van der Waals surface area (Å²) in [7, 11) is 0. The molecule has 0 saturated carbocycles. The van der Waals surface area contributed by atoms with Crippen molar-refractivity contribution in [3.8, 4) is 10.7 Å². The second-order valence-corrected chi connectivity index (χ2v) is 3.94. The molecule has 16 heavy (non-hydrogen) atoms. The fraction of sp³-hybridized carbons (Fsp3) is 0. The molecule has 4 nitrogen and oxygen atoms in total. The van der Waals surface area contributed by atoms with E-state index in [1.54, 1.807) is 0 Å². The van der Waals surface area contributed by atoms with Crippen LogP contribution in [0.25, 0.3) is 21.7 Å². The van der Waals surface area contributed by atoms with E-state index in [9.17, 15) is 8.78 Å². The molecular formula is C9H4F2N4S. The van der Waals surface area contributed by atoms with Crippen LogP contribution in [0.2, 0.25) is 0 Å². The van der Waals surface area contributed by atoms with Crippen LogP contribution < -0.4 is 0 Å². The number of halogens is 2. The first-order valence-electron chi connectivity index (χ1n) is 4.36. The molecule has 0 radical (unpaired) electrons. The molecule has 7 heteroatoms. The quantitative estimate of drug-likeness (QED) is 0.708. The Bertz CT molecular complexity index is 608. The average Bonchev–Trinajstić information content (AvgIpc) is 2.86. The first kappa shape index (κ1) is 9.34. The summed E-state index contributed by atoms with van der Waals surface area (Å²) in [5.41, 5.74) is 0.824. The molecule has 3 aromatic rings. The zero-order valence-electron chi connectivity index (χ0n) is 7.74. The van der Waals surface area contributed by atoms with Crippen LogP contribution in [0.4, 0.5) is 8.78 Å².